The molecule has 0 aliphatic carbocycles. The Kier molecular flexibility index (Phi) is 5.10. The second kappa shape index (κ2) is 7.24. The minimum Gasteiger partial charge on any atom is -0.489 e. The molecule has 0 saturated carbocycles. The van der Waals surface area contributed by atoms with Crippen molar-refractivity contribution >= 4 is 12.0 Å². The SMILES string of the molecule is COC(=O)C=Cc1ccc(OCc2ccccc2F)cc1. The topological polar surface area (TPSA) is 35.5 Å². The molecule has 0 saturated heterocycles. The van der Waals surface area contributed by atoms with Crippen molar-refractivity contribution in [3.05, 3.63) is 71.6 Å². The van der Waals surface area contributed by atoms with Crippen molar-refractivity contribution in [3.8, 4) is 5.75 Å². The van der Waals surface area contributed by atoms with E-state index in [1.807, 2.05) is 0 Å². The third-order valence-corrected chi connectivity index (χ3v) is 2.85. The van der Waals surface area contributed by atoms with Gasteiger partial charge in [0.05, 0.1) is 7.11 Å². The second-order valence-corrected chi connectivity index (χ2v) is 4.31. The molecule has 0 atom stereocenters. The van der Waals surface area contributed by atoms with Crippen LogP contribution in [0, 0.1) is 5.82 Å². The summed E-state index contributed by atoms with van der Waals surface area (Å²) < 4.78 is 23.5. The Balaban J connectivity index is 1.95. The molecule has 0 fully saturated rings. The van der Waals surface area contributed by atoms with Gasteiger partial charge in [-0.25, -0.2) is 9.18 Å². The van der Waals surface area contributed by atoms with Crippen LogP contribution in [0.25, 0.3) is 6.08 Å². The number of esters is 1. The maximum absolute atomic E-state index is 13.4. The number of halogens is 1. The van der Waals surface area contributed by atoms with Gasteiger partial charge in [-0.15, -0.1) is 0 Å². The zero-order valence-corrected chi connectivity index (χ0v) is 11.6. The molecule has 0 amide bonds. The minimum absolute atomic E-state index is 0.171. The highest BCUT2D eigenvalue weighted by Crippen LogP contribution is 2.16. The van der Waals surface area contributed by atoms with Gasteiger partial charge >= 0.3 is 5.97 Å². The molecule has 3 nitrogen and oxygen atoms in total. The first kappa shape index (κ1) is 14.8. The summed E-state index contributed by atoms with van der Waals surface area (Å²) in [6.45, 7) is 0.171. The summed E-state index contributed by atoms with van der Waals surface area (Å²) in [5.74, 6) is -0.0570. The third kappa shape index (κ3) is 4.45. The molecule has 108 valence electrons. The Morgan fingerprint density at radius 2 is 1.86 bits per heavy atom. The molecule has 0 aliphatic rings. The lowest BCUT2D eigenvalue weighted by atomic mass is 10.2. The van der Waals surface area contributed by atoms with Gasteiger partial charge in [-0.1, -0.05) is 30.3 Å². The first-order valence-electron chi connectivity index (χ1n) is 6.41. The number of carbonyl (C=O) groups is 1. The lowest BCUT2D eigenvalue weighted by Gasteiger charge is -2.07. The van der Waals surface area contributed by atoms with Crippen molar-refractivity contribution in [1.29, 1.82) is 0 Å². The Morgan fingerprint density at radius 1 is 1.14 bits per heavy atom. The Hall–Kier alpha value is -2.62. The lowest BCUT2D eigenvalue weighted by Crippen LogP contribution is -1.98. The summed E-state index contributed by atoms with van der Waals surface area (Å²) in [6.07, 6.45) is 2.99. The van der Waals surface area contributed by atoms with E-state index in [4.69, 9.17) is 4.74 Å². The van der Waals surface area contributed by atoms with E-state index in [0.717, 1.165) is 5.56 Å². The van der Waals surface area contributed by atoms with Crippen LogP contribution >= 0.6 is 0 Å². The van der Waals surface area contributed by atoms with E-state index >= 15 is 0 Å². The van der Waals surface area contributed by atoms with E-state index in [2.05, 4.69) is 4.74 Å². The molecule has 21 heavy (non-hydrogen) atoms. The van der Waals surface area contributed by atoms with Crippen LogP contribution < -0.4 is 4.74 Å². The molecule has 0 N–H and O–H groups in total. The van der Waals surface area contributed by atoms with Crippen molar-refractivity contribution in [3.63, 3.8) is 0 Å². The van der Waals surface area contributed by atoms with Gasteiger partial charge in [-0.05, 0) is 29.8 Å². The van der Waals surface area contributed by atoms with Crippen LogP contribution in [0.3, 0.4) is 0 Å². The first-order valence-corrected chi connectivity index (χ1v) is 6.41. The first-order chi connectivity index (χ1) is 10.2. The fourth-order valence-electron chi connectivity index (χ4n) is 1.68. The van der Waals surface area contributed by atoms with Gasteiger partial charge < -0.3 is 9.47 Å². The zero-order valence-electron chi connectivity index (χ0n) is 11.6. The van der Waals surface area contributed by atoms with Gasteiger partial charge in [0.1, 0.15) is 18.2 Å². The smallest absolute Gasteiger partial charge is 0.330 e. The molecule has 4 heteroatoms. The molecular weight excluding hydrogens is 271 g/mol. The number of ether oxygens (including phenoxy) is 2. The molecule has 2 aromatic carbocycles. The molecule has 2 aromatic rings. The molecule has 0 heterocycles. The Labute approximate surface area is 122 Å². The zero-order chi connectivity index (χ0) is 15.1. The van der Waals surface area contributed by atoms with Gasteiger partial charge in [0, 0.05) is 11.6 Å². The molecular formula is C17H15FO3. The van der Waals surface area contributed by atoms with Crippen molar-refractivity contribution in [2.75, 3.05) is 7.11 Å². The quantitative estimate of drug-likeness (QED) is 0.622. The second-order valence-electron chi connectivity index (χ2n) is 4.31. The van der Waals surface area contributed by atoms with Gasteiger partial charge in [0.2, 0.25) is 0 Å². The van der Waals surface area contributed by atoms with Crippen molar-refractivity contribution < 1.29 is 18.7 Å². The summed E-state index contributed by atoms with van der Waals surface area (Å²) >= 11 is 0. The third-order valence-electron chi connectivity index (χ3n) is 2.85. The highest BCUT2D eigenvalue weighted by atomic mass is 19.1. The Morgan fingerprint density at radius 3 is 2.52 bits per heavy atom. The van der Waals surface area contributed by atoms with E-state index in [1.54, 1.807) is 48.5 Å². The molecule has 0 aromatic heterocycles. The van der Waals surface area contributed by atoms with E-state index in [9.17, 15) is 9.18 Å². The molecule has 0 radical (unpaired) electrons. The lowest BCUT2D eigenvalue weighted by molar-refractivity contribution is -0.134. The van der Waals surface area contributed by atoms with Gasteiger partial charge in [0.15, 0.2) is 0 Å². The number of benzene rings is 2. The summed E-state index contributed by atoms with van der Waals surface area (Å²) in [5.41, 5.74) is 1.35. The highest BCUT2D eigenvalue weighted by molar-refractivity contribution is 5.86. The molecule has 0 unspecified atom stereocenters. The van der Waals surface area contributed by atoms with E-state index in [0.29, 0.717) is 11.3 Å². The highest BCUT2D eigenvalue weighted by Gasteiger charge is 2.01. The summed E-state index contributed by atoms with van der Waals surface area (Å²) in [7, 11) is 1.33. The van der Waals surface area contributed by atoms with Crippen LogP contribution in [0.2, 0.25) is 0 Å². The van der Waals surface area contributed by atoms with E-state index in [-0.39, 0.29) is 12.4 Å². The average Bonchev–Trinajstić information content (AvgIpc) is 2.53. The number of hydrogen-bond donors (Lipinski definition) is 0. The van der Waals surface area contributed by atoms with Gasteiger partial charge in [-0.2, -0.15) is 0 Å². The summed E-state index contributed by atoms with van der Waals surface area (Å²) in [4.78, 5) is 11.0. The van der Waals surface area contributed by atoms with Crippen LogP contribution in [0.15, 0.2) is 54.6 Å². The normalized spacial score (nSPS) is 10.6. The number of methoxy groups -OCH3 is 1. The fourth-order valence-corrected chi connectivity index (χ4v) is 1.68. The van der Waals surface area contributed by atoms with Crippen molar-refractivity contribution in [2.45, 2.75) is 6.61 Å². The predicted octanol–water partition coefficient (Wildman–Crippen LogP) is 3.59. The maximum atomic E-state index is 13.4. The van der Waals surface area contributed by atoms with Crippen LogP contribution in [0.5, 0.6) is 5.75 Å². The van der Waals surface area contributed by atoms with Gasteiger partial charge in [-0.3, -0.25) is 0 Å². The summed E-state index contributed by atoms with van der Waals surface area (Å²) in [6, 6.07) is 13.6. The van der Waals surface area contributed by atoms with Crippen LogP contribution in [0.4, 0.5) is 4.39 Å². The van der Waals surface area contributed by atoms with Crippen LogP contribution in [0.1, 0.15) is 11.1 Å². The molecule has 0 bridgehead atoms. The van der Waals surface area contributed by atoms with Gasteiger partial charge in [0.25, 0.3) is 0 Å². The van der Waals surface area contributed by atoms with Crippen LogP contribution in [-0.4, -0.2) is 13.1 Å². The fraction of sp³-hybridized carbons (Fsp3) is 0.118. The van der Waals surface area contributed by atoms with E-state index < -0.39 is 5.97 Å². The monoisotopic (exact) mass is 286 g/mol. The Bertz CT molecular complexity index is 633. The van der Waals surface area contributed by atoms with Crippen molar-refractivity contribution in [1.82, 2.24) is 0 Å². The predicted molar refractivity (Wildman–Crippen MR) is 78.2 cm³/mol. The number of hydrogen-bond acceptors (Lipinski definition) is 3. The largest absolute Gasteiger partial charge is 0.489 e. The molecule has 0 aliphatic heterocycles. The maximum Gasteiger partial charge on any atom is 0.330 e. The summed E-state index contributed by atoms with van der Waals surface area (Å²) in [5, 5.41) is 0. The molecule has 0 spiro atoms. The number of carbonyl (C=O) groups excluding carboxylic acids is 1. The average molecular weight is 286 g/mol. The van der Waals surface area contributed by atoms with Crippen molar-refractivity contribution in [2.24, 2.45) is 0 Å². The number of rotatable bonds is 5. The van der Waals surface area contributed by atoms with E-state index in [1.165, 1.54) is 19.3 Å². The standard InChI is InChI=1S/C17H15FO3/c1-20-17(19)11-8-13-6-9-15(10-7-13)21-12-14-4-2-3-5-16(14)18/h2-11H,12H2,1H3. The minimum atomic E-state index is -0.408. The molecule has 2 rings (SSSR count). The van der Waals surface area contributed by atoms with Crippen LogP contribution in [-0.2, 0) is 16.1 Å².